The predicted octanol–water partition coefficient (Wildman–Crippen LogP) is 0.760. The van der Waals surface area contributed by atoms with E-state index in [0.29, 0.717) is 0 Å². The Bertz CT molecular complexity index is 630. The molecule has 0 bridgehead atoms. The molecule has 0 aromatic heterocycles. The van der Waals surface area contributed by atoms with Gasteiger partial charge in [0.05, 0.1) is 5.56 Å². The molecule has 0 atom stereocenters. The minimum atomic E-state index is -0.526. The van der Waals surface area contributed by atoms with Crippen LogP contribution in [0, 0.1) is 0 Å². The van der Waals surface area contributed by atoms with E-state index in [9.17, 15) is 19.5 Å². The first-order valence-electron chi connectivity index (χ1n) is 5.87. The zero-order valence-corrected chi connectivity index (χ0v) is 11.0. The maximum Gasteiger partial charge on any atom is 0.259 e. The molecule has 2 rings (SSSR count). The van der Waals surface area contributed by atoms with Crippen molar-refractivity contribution in [2.45, 2.75) is 0 Å². The Balaban J connectivity index is 2.25. The number of Topliss-reactive ketones (excluding diaryl/α,β-unsaturated/α-hetero) is 1. The molecule has 1 aliphatic carbocycles. The van der Waals surface area contributed by atoms with Gasteiger partial charge < -0.3 is 14.7 Å². The minimum absolute atomic E-state index is 0.0382. The molecule has 1 aliphatic rings. The number of ketones is 2. The van der Waals surface area contributed by atoms with Crippen molar-refractivity contribution in [1.82, 2.24) is 4.90 Å². The minimum Gasteiger partial charge on any atom is -0.507 e. The van der Waals surface area contributed by atoms with Crippen LogP contribution in [0.5, 0.6) is 5.75 Å². The van der Waals surface area contributed by atoms with Gasteiger partial charge in [-0.3, -0.25) is 14.4 Å². The molecule has 0 aliphatic heterocycles. The molecule has 0 fully saturated rings. The predicted molar refractivity (Wildman–Crippen MR) is 69.5 cm³/mol. The Morgan fingerprint density at radius 1 is 1.30 bits per heavy atom. The van der Waals surface area contributed by atoms with Gasteiger partial charge in [0, 0.05) is 25.7 Å². The maximum absolute atomic E-state index is 12.1. The van der Waals surface area contributed by atoms with E-state index >= 15 is 0 Å². The van der Waals surface area contributed by atoms with Crippen molar-refractivity contribution in [3.05, 3.63) is 41.2 Å². The molecule has 1 N–H and O–H groups in total. The van der Waals surface area contributed by atoms with E-state index in [4.69, 9.17) is 4.74 Å². The average Bonchev–Trinajstić information content (AvgIpc) is 2.40. The zero-order chi connectivity index (χ0) is 14.9. The van der Waals surface area contributed by atoms with Crippen LogP contribution >= 0.6 is 0 Å². The van der Waals surface area contributed by atoms with Gasteiger partial charge in [0.1, 0.15) is 5.75 Å². The molecule has 20 heavy (non-hydrogen) atoms. The highest BCUT2D eigenvalue weighted by Crippen LogP contribution is 2.28. The fourth-order valence-corrected chi connectivity index (χ4v) is 1.75. The van der Waals surface area contributed by atoms with Crippen LogP contribution in [0.1, 0.15) is 20.7 Å². The molecule has 104 valence electrons. The lowest BCUT2D eigenvalue weighted by Gasteiger charge is -2.17. The van der Waals surface area contributed by atoms with Crippen LogP contribution in [0.15, 0.2) is 30.0 Å². The van der Waals surface area contributed by atoms with Crippen LogP contribution in [0.3, 0.4) is 0 Å². The van der Waals surface area contributed by atoms with Gasteiger partial charge in [-0.1, -0.05) is 6.07 Å². The number of carbonyl (C=O) groups is 3. The first-order valence-corrected chi connectivity index (χ1v) is 5.87. The van der Waals surface area contributed by atoms with Crippen molar-refractivity contribution in [1.29, 1.82) is 0 Å². The highest BCUT2D eigenvalue weighted by atomic mass is 16.5. The largest absolute Gasteiger partial charge is 0.507 e. The number of aromatic hydroxyl groups is 1. The summed E-state index contributed by atoms with van der Waals surface area (Å²) < 4.78 is 5.10. The van der Waals surface area contributed by atoms with E-state index in [-0.39, 0.29) is 35.1 Å². The molecule has 6 heteroatoms. The van der Waals surface area contributed by atoms with Crippen molar-refractivity contribution in [3.63, 3.8) is 0 Å². The quantitative estimate of drug-likeness (QED) is 0.880. The van der Waals surface area contributed by atoms with Crippen molar-refractivity contribution in [2.75, 3.05) is 20.7 Å². The molecule has 6 nitrogen and oxygen atoms in total. The number of allylic oxidation sites excluding steroid dienone is 2. The highest BCUT2D eigenvalue weighted by Gasteiger charge is 2.29. The molecule has 0 saturated carbocycles. The number of amides is 1. The Labute approximate surface area is 115 Å². The molecular formula is C14H13NO5. The summed E-state index contributed by atoms with van der Waals surface area (Å²) in [6, 6.07) is 4.23. The van der Waals surface area contributed by atoms with Crippen LogP contribution < -0.4 is 0 Å². The molecule has 0 spiro atoms. The molecule has 0 unspecified atom stereocenters. The fourth-order valence-electron chi connectivity index (χ4n) is 1.75. The van der Waals surface area contributed by atoms with Crippen molar-refractivity contribution >= 4 is 17.5 Å². The number of nitrogens with zero attached hydrogens (tertiary/aromatic N) is 1. The van der Waals surface area contributed by atoms with Gasteiger partial charge in [-0.15, -0.1) is 0 Å². The van der Waals surface area contributed by atoms with Gasteiger partial charge in [-0.2, -0.15) is 0 Å². The summed E-state index contributed by atoms with van der Waals surface area (Å²) in [6.07, 6.45) is 0.993. The van der Waals surface area contributed by atoms with Crippen molar-refractivity contribution in [2.24, 2.45) is 0 Å². The monoisotopic (exact) mass is 275 g/mol. The number of fused-ring (bicyclic) bond motifs is 1. The van der Waals surface area contributed by atoms with E-state index in [1.54, 1.807) is 14.1 Å². The van der Waals surface area contributed by atoms with Gasteiger partial charge in [0.15, 0.2) is 18.1 Å². The average molecular weight is 275 g/mol. The molecule has 0 saturated heterocycles. The summed E-state index contributed by atoms with van der Waals surface area (Å²) >= 11 is 0. The second kappa shape index (κ2) is 5.16. The van der Waals surface area contributed by atoms with Crippen molar-refractivity contribution in [3.8, 4) is 5.75 Å². The molecule has 1 aromatic carbocycles. The maximum atomic E-state index is 12.1. The number of ether oxygens (including phenoxy) is 1. The molecule has 1 aromatic rings. The van der Waals surface area contributed by atoms with Gasteiger partial charge in [-0.05, 0) is 12.1 Å². The van der Waals surface area contributed by atoms with Crippen LogP contribution in [0.4, 0.5) is 0 Å². The first kappa shape index (κ1) is 13.8. The third-order valence-corrected chi connectivity index (χ3v) is 2.87. The van der Waals surface area contributed by atoms with E-state index in [0.717, 1.165) is 6.08 Å². The summed E-state index contributed by atoms with van der Waals surface area (Å²) in [7, 11) is 3.11. The number of hydrogen-bond acceptors (Lipinski definition) is 5. The van der Waals surface area contributed by atoms with Crippen molar-refractivity contribution < 1.29 is 24.2 Å². The summed E-state index contributed by atoms with van der Waals surface area (Å²) in [5.41, 5.74) is 0.0357. The van der Waals surface area contributed by atoms with Gasteiger partial charge in [-0.25, -0.2) is 0 Å². The first-order chi connectivity index (χ1) is 9.41. The van der Waals surface area contributed by atoms with E-state index in [1.165, 1.54) is 23.1 Å². The lowest BCUT2D eigenvalue weighted by atomic mass is 9.93. The molecule has 0 radical (unpaired) electrons. The third-order valence-electron chi connectivity index (χ3n) is 2.87. The zero-order valence-electron chi connectivity index (χ0n) is 11.0. The Morgan fingerprint density at radius 3 is 2.65 bits per heavy atom. The lowest BCUT2D eigenvalue weighted by molar-refractivity contribution is -0.132. The van der Waals surface area contributed by atoms with Gasteiger partial charge in [0.25, 0.3) is 5.91 Å². The number of phenols is 1. The summed E-state index contributed by atoms with van der Waals surface area (Å²) in [5.74, 6) is -1.82. The second-order valence-corrected chi connectivity index (χ2v) is 4.48. The summed E-state index contributed by atoms with van der Waals surface area (Å²) in [6.45, 7) is -0.327. The lowest BCUT2D eigenvalue weighted by Crippen LogP contribution is -2.28. The smallest absolute Gasteiger partial charge is 0.259 e. The molecule has 1 amide bonds. The number of hydrogen-bond donors (Lipinski definition) is 1. The Morgan fingerprint density at radius 2 is 2.00 bits per heavy atom. The number of phenolic OH excluding ortho intramolecular Hbond substituents is 1. The molecule has 0 heterocycles. The van der Waals surface area contributed by atoms with E-state index in [1.807, 2.05) is 0 Å². The summed E-state index contributed by atoms with van der Waals surface area (Å²) in [5, 5.41) is 9.62. The third kappa shape index (κ3) is 2.40. The fraction of sp³-hybridized carbons (Fsp3) is 0.214. The Hall–Kier alpha value is -2.63. The number of rotatable bonds is 3. The van der Waals surface area contributed by atoms with Crippen LogP contribution in [0.2, 0.25) is 0 Å². The summed E-state index contributed by atoms with van der Waals surface area (Å²) in [4.78, 5) is 36.7. The Kier molecular flexibility index (Phi) is 3.56. The second-order valence-electron chi connectivity index (χ2n) is 4.48. The van der Waals surface area contributed by atoms with Crippen LogP contribution in [-0.2, 0) is 9.53 Å². The number of likely N-dealkylation sites (N-methyl/N-ethyl adjacent to an activating group) is 1. The SMILES string of the molecule is CN(C)C(=O)COC1=CC(=O)c2c(O)cccc2C1=O. The van der Waals surface area contributed by atoms with E-state index in [2.05, 4.69) is 0 Å². The van der Waals surface area contributed by atoms with Gasteiger partial charge >= 0.3 is 0 Å². The van der Waals surface area contributed by atoms with E-state index < -0.39 is 11.6 Å². The standard InChI is InChI=1S/C14H13NO5/c1-15(2)12(18)7-20-11-6-10(17)13-8(14(11)19)4-3-5-9(13)16/h3-6,16H,7H2,1-2H3. The topological polar surface area (TPSA) is 83.9 Å². The van der Waals surface area contributed by atoms with Crippen LogP contribution in [0.25, 0.3) is 0 Å². The molecular weight excluding hydrogens is 262 g/mol. The number of benzene rings is 1. The highest BCUT2D eigenvalue weighted by molar-refractivity contribution is 6.24. The van der Waals surface area contributed by atoms with Crippen LogP contribution in [-0.4, -0.2) is 48.2 Å². The normalized spacial score (nSPS) is 13.6. The van der Waals surface area contributed by atoms with Gasteiger partial charge in [0.2, 0.25) is 5.78 Å². The number of carbonyl (C=O) groups excluding carboxylic acids is 3.